The van der Waals surface area contributed by atoms with Crippen molar-refractivity contribution >= 4 is 50.0 Å². The first-order valence-corrected chi connectivity index (χ1v) is 10.9. The maximum absolute atomic E-state index is 13.6. The number of anilines is 2. The van der Waals surface area contributed by atoms with Gasteiger partial charge in [0, 0.05) is 16.0 Å². The first kappa shape index (κ1) is 21.0. The molecule has 0 spiro atoms. The van der Waals surface area contributed by atoms with E-state index in [0.717, 1.165) is 21.8 Å². The Morgan fingerprint density at radius 3 is 2.67 bits per heavy atom. The van der Waals surface area contributed by atoms with E-state index in [1.165, 1.54) is 18.2 Å². The summed E-state index contributed by atoms with van der Waals surface area (Å²) < 4.78 is 43.6. The zero-order chi connectivity index (χ0) is 23.2. The number of alkyl halides is 3. The maximum atomic E-state index is 13.6. The van der Waals surface area contributed by atoms with Gasteiger partial charge < -0.3 is 15.6 Å². The van der Waals surface area contributed by atoms with Crippen LogP contribution in [-0.4, -0.2) is 15.5 Å². The van der Waals surface area contributed by atoms with Crippen molar-refractivity contribution in [1.82, 2.24) is 9.55 Å². The van der Waals surface area contributed by atoms with Crippen molar-refractivity contribution in [3.05, 3.63) is 88.8 Å². The van der Waals surface area contributed by atoms with Crippen LogP contribution in [0.15, 0.2) is 72.1 Å². The number of halogens is 3. The zero-order valence-electron chi connectivity index (χ0n) is 17.1. The normalized spacial score (nSPS) is 11.8. The molecule has 5 aromatic rings. The predicted molar refractivity (Wildman–Crippen MR) is 124 cm³/mol. The number of nitrogens with one attached hydrogen (secondary N) is 1. The summed E-state index contributed by atoms with van der Waals surface area (Å²) in [6.07, 6.45) is -4.48. The summed E-state index contributed by atoms with van der Waals surface area (Å²) in [4.78, 5) is 16.2. The number of thiophene rings is 1. The zero-order valence-corrected chi connectivity index (χ0v) is 17.9. The highest BCUT2D eigenvalue weighted by molar-refractivity contribution is 7.17. The first-order chi connectivity index (χ1) is 15.8. The number of nitrogens with two attached hydrogens (primary N) is 1. The largest absolute Gasteiger partial charge is 0.416 e. The standard InChI is InChI=1S/C24H17F3N4OS/c25-24(26,27)18-4-2-1-3-16(18)13-31-20-8-6-15(22(28)32)11-19(20)30-23(31)29-17-7-5-14-9-10-33-21(14)12-17/h1-12H,13H2,(H2,28,32)(H,29,30). The van der Waals surface area contributed by atoms with E-state index in [1.54, 1.807) is 34.1 Å². The van der Waals surface area contributed by atoms with Crippen LogP contribution < -0.4 is 11.1 Å². The molecule has 0 aliphatic carbocycles. The molecular formula is C24H17F3N4OS. The Balaban J connectivity index is 1.63. The minimum Gasteiger partial charge on any atom is -0.366 e. The molecule has 9 heteroatoms. The molecule has 3 N–H and O–H groups in total. The third-order valence-corrected chi connectivity index (χ3v) is 6.28. The number of benzene rings is 3. The van der Waals surface area contributed by atoms with Gasteiger partial charge in [0.15, 0.2) is 0 Å². The third-order valence-electron chi connectivity index (χ3n) is 5.40. The highest BCUT2D eigenvalue weighted by Gasteiger charge is 2.33. The molecular weight excluding hydrogens is 449 g/mol. The molecule has 0 aliphatic rings. The van der Waals surface area contributed by atoms with Gasteiger partial charge in [0.1, 0.15) is 0 Å². The van der Waals surface area contributed by atoms with Crippen LogP contribution in [0.25, 0.3) is 21.1 Å². The molecule has 33 heavy (non-hydrogen) atoms. The Morgan fingerprint density at radius 1 is 1.06 bits per heavy atom. The van der Waals surface area contributed by atoms with E-state index in [4.69, 9.17) is 5.73 Å². The highest BCUT2D eigenvalue weighted by Crippen LogP contribution is 2.34. The van der Waals surface area contributed by atoms with Gasteiger partial charge in [0.05, 0.1) is 23.1 Å². The van der Waals surface area contributed by atoms with E-state index in [-0.39, 0.29) is 17.7 Å². The van der Waals surface area contributed by atoms with Gasteiger partial charge in [-0.25, -0.2) is 4.98 Å². The summed E-state index contributed by atoms with van der Waals surface area (Å²) in [7, 11) is 0. The molecule has 3 aromatic carbocycles. The Hall–Kier alpha value is -3.85. The number of imidazole rings is 1. The van der Waals surface area contributed by atoms with E-state index in [0.29, 0.717) is 17.0 Å². The molecule has 2 aromatic heterocycles. The summed E-state index contributed by atoms with van der Waals surface area (Å²) >= 11 is 1.59. The second-order valence-electron chi connectivity index (χ2n) is 7.54. The number of hydrogen-bond donors (Lipinski definition) is 2. The second kappa shape index (κ2) is 7.93. The smallest absolute Gasteiger partial charge is 0.366 e. The van der Waals surface area contributed by atoms with Crippen molar-refractivity contribution in [3.8, 4) is 0 Å². The average Bonchev–Trinajstić information content (AvgIpc) is 3.37. The number of rotatable bonds is 5. The van der Waals surface area contributed by atoms with Crippen LogP contribution in [0.5, 0.6) is 0 Å². The first-order valence-electron chi connectivity index (χ1n) is 9.99. The van der Waals surface area contributed by atoms with Crippen molar-refractivity contribution in [2.75, 3.05) is 5.32 Å². The van der Waals surface area contributed by atoms with E-state index >= 15 is 0 Å². The molecule has 0 bridgehead atoms. The molecule has 0 aliphatic heterocycles. The fraction of sp³-hybridized carbons (Fsp3) is 0.0833. The van der Waals surface area contributed by atoms with Gasteiger partial charge in [-0.05, 0) is 58.8 Å². The minimum atomic E-state index is -4.48. The second-order valence-corrected chi connectivity index (χ2v) is 8.49. The highest BCUT2D eigenvalue weighted by atomic mass is 32.1. The number of amides is 1. The van der Waals surface area contributed by atoms with Crippen molar-refractivity contribution in [1.29, 1.82) is 0 Å². The van der Waals surface area contributed by atoms with Gasteiger partial charge in [0.25, 0.3) is 0 Å². The van der Waals surface area contributed by atoms with Crippen LogP contribution in [0.4, 0.5) is 24.8 Å². The lowest BCUT2D eigenvalue weighted by Crippen LogP contribution is -2.13. The van der Waals surface area contributed by atoms with Crippen molar-refractivity contribution in [3.63, 3.8) is 0 Å². The Morgan fingerprint density at radius 2 is 1.88 bits per heavy atom. The van der Waals surface area contributed by atoms with Crippen LogP contribution in [0.3, 0.4) is 0 Å². The van der Waals surface area contributed by atoms with Gasteiger partial charge in [-0.2, -0.15) is 13.2 Å². The molecule has 5 rings (SSSR count). The Kier molecular flexibility index (Phi) is 5.05. The molecule has 2 heterocycles. The van der Waals surface area contributed by atoms with Crippen LogP contribution >= 0.6 is 11.3 Å². The fourth-order valence-electron chi connectivity index (χ4n) is 3.81. The molecule has 1 amide bonds. The Labute approximate surface area is 190 Å². The van der Waals surface area contributed by atoms with Crippen molar-refractivity contribution < 1.29 is 18.0 Å². The topological polar surface area (TPSA) is 72.9 Å². The van der Waals surface area contributed by atoms with E-state index in [2.05, 4.69) is 10.3 Å². The number of hydrogen-bond acceptors (Lipinski definition) is 4. The number of primary amides is 1. The quantitative estimate of drug-likeness (QED) is 0.326. The van der Waals surface area contributed by atoms with E-state index < -0.39 is 17.6 Å². The average molecular weight is 466 g/mol. The van der Waals surface area contributed by atoms with Gasteiger partial charge >= 0.3 is 6.18 Å². The van der Waals surface area contributed by atoms with E-state index in [9.17, 15) is 18.0 Å². The lowest BCUT2D eigenvalue weighted by atomic mass is 10.1. The van der Waals surface area contributed by atoms with Crippen molar-refractivity contribution in [2.45, 2.75) is 12.7 Å². The number of fused-ring (bicyclic) bond motifs is 2. The molecule has 0 radical (unpaired) electrons. The minimum absolute atomic E-state index is 0.0638. The molecule has 0 atom stereocenters. The number of aromatic nitrogens is 2. The van der Waals surface area contributed by atoms with Gasteiger partial charge in [0.2, 0.25) is 11.9 Å². The summed E-state index contributed by atoms with van der Waals surface area (Å²) in [6.45, 7) is -0.0638. The molecule has 0 saturated heterocycles. The SMILES string of the molecule is NC(=O)c1ccc2c(c1)nc(Nc1ccc3ccsc3c1)n2Cc1ccccc1C(F)(F)F. The predicted octanol–water partition coefficient (Wildman–Crippen LogP) is 6.16. The molecule has 0 fully saturated rings. The number of nitrogens with zero attached hydrogens (tertiary/aromatic N) is 2. The van der Waals surface area contributed by atoms with Gasteiger partial charge in [-0.3, -0.25) is 4.79 Å². The lowest BCUT2D eigenvalue weighted by Gasteiger charge is -2.16. The fourth-order valence-corrected chi connectivity index (χ4v) is 4.63. The van der Waals surface area contributed by atoms with Crippen LogP contribution in [0.2, 0.25) is 0 Å². The summed E-state index contributed by atoms with van der Waals surface area (Å²) in [5, 5.41) is 6.32. The van der Waals surface area contributed by atoms with Crippen molar-refractivity contribution in [2.24, 2.45) is 5.73 Å². The third kappa shape index (κ3) is 4.03. The molecule has 5 nitrogen and oxygen atoms in total. The maximum Gasteiger partial charge on any atom is 0.416 e. The molecule has 166 valence electrons. The number of carbonyl (C=O) groups is 1. The monoisotopic (exact) mass is 466 g/mol. The van der Waals surface area contributed by atoms with Crippen LogP contribution in [0.1, 0.15) is 21.5 Å². The molecule has 0 unspecified atom stereocenters. The van der Waals surface area contributed by atoms with Crippen LogP contribution in [0, 0.1) is 0 Å². The summed E-state index contributed by atoms with van der Waals surface area (Å²) in [5.74, 6) is -0.244. The lowest BCUT2D eigenvalue weighted by molar-refractivity contribution is -0.138. The summed E-state index contributed by atoms with van der Waals surface area (Å²) in [5.41, 5.74) is 6.86. The van der Waals surface area contributed by atoms with Gasteiger partial charge in [-0.1, -0.05) is 24.3 Å². The Bertz CT molecular complexity index is 1500. The van der Waals surface area contributed by atoms with Gasteiger partial charge in [-0.15, -0.1) is 11.3 Å². The molecule has 0 saturated carbocycles. The van der Waals surface area contributed by atoms with E-state index in [1.807, 2.05) is 29.6 Å². The summed E-state index contributed by atoms with van der Waals surface area (Å²) in [6, 6.07) is 18.0. The number of carbonyl (C=O) groups excluding carboxylic acids is 1. The van der Waals surface area contributed by atoms with Crippen LogP contribution in [-0.2, 0) is 12.7 Å².